The molecule has 2 rings (SSSR count). The van der Waals surface area contributed by atoms with Crippen molar-refractivity contribution in [1.29, 1.82) is 0 Å². The first-order valence-electron chi connectivity index (χ1n) is 7.18. The highest BCUT2D eigenvalue weighted by molar-refractivity contribution is 7.92. The van der Waals surface area contributed by atoms with Crippen molar-refractivity contribution >= 4 is 15.7 Å². The van der Waals surface area contributed by atoms with E-state index in [-0.39, 0.29) is 30.5 Å². The summed E-state index contributed by atoms with van der Waals surface area (Å²) in [6.45, 7) is 2.09. The molecule has 0 aromatic heterocycles. The molecule has 1 fully saturated rings. The van der Waals surface area contributed by atoms with E-state index in [1.165, 1.54) is 17.0 Å². The average molecular weight is 347 g/mol. The van der Waals surface area contributed by atoms with Gasteiger partial charge in [0.15, 0.2) is 9.84 Å². The van der Waals surface area contributed by atoms with Crippen LogP contribution in [0, 0.1) is 13.8 Å². The van der Waals surface area contributed by atoms with Crippen LogP contribution in [0.15, 0.2) is 12.1 Å². The van der Waals surface area contributed by atoms with Crippen LogP contribution in [0.4, 0.5) is 8.78 Å². The SMILES string of the molecule is Cc1cc(C(=O)N2CCS(=O)(=O)[C@H](C)C2)cc(C)c1OC(F)F. The van der Waals surface area contributed by atoms with Crippen LogP contribution in [0.2, 0.25) is 0 Å². The summed E-state index contributed by atoms with van der Waals surface area (Å²) < 4.78 is 52.7. The second-order valence-electron chi connectivity index (χ2n) is 5.75. The topological polar surface area (TPSA) is 63.7 Å². The van der Waals surface area contributed by atoms with Crippen molar-refractivity contribution in [1.82, 2.24) is 4.90 Å². The first kappa shape index (κ1) is 17.7. The number of hydrogen-bond donors (Lipinski definition) is 0. The number of carbonyl (C=O) groups excluding carboxylic acids is 1. The molecule has 0 spiro atoms. The second kappa shape index (κ2) is 6.43. The summed E-state index contributed by atoms with van der Waals surface area (Å²) in [5.74, 6) is -0.308. The summed E-state index contributed by atoms with van der Waals surface area (Å²) in [5.41, 5.74) is 1.21. The van der Waals surface area contributed by atoms with Gasteiger partial charge < -0.3 is 9.64 Å². The van der Waals surface area contributed by atoms with E-state index < -0.39 is 21.7 Å². The smallest absolute Gasteiger partial charge is 0.387 e. The van der Waals surface area contributed by atoms with Gasteiger partial charge in [0.1, 0.15) is 5.75 Å². The van der Waals surface area contributed by atoms with Crippen molar-refractivity contribution in [2.45, 2.75) is 32.6 Å². The summed E-state index contributed by atoms with van der Waals surface area (Å²) in [5, 5.41) is -0.608. The number of benzene rings is 1. The summed E-state index contributed by atoms with van der Waals surface area (Å²) in [6, 6.07) is 2.97. The zero-order chi connectivity index (χ0) is 17.4. The van der Waals surface area contributed by atoms with E-state index in [1.807, 2.05) is 0 Å². The van der Waals surface area contributed by atoms with E-state index in [9.17, 15) is 22.0 Å². The predicted molar refractivity (Wildman–Crippen MR) is 81.7 cm³/mol. The summed E-state index contributed by atoms with van der Waals surface area (Å²) in [7, 11) is -3.14. The maximum Gasteiger partial charge on any atom is 0.387 e. The lowest BCUT2D eigenvalue weighted by molar-refractivity contribution is -0.0507. The number of ether oxygens (including phenoxy) is 1. The average Bonchev–Trinajstić information content (AvgIpc) is 2.44. The number of hydrogen-bond acceptors (Lipinski definition) is 4. The first-order chi connectivity index (χ1) is 10.6. The molecule has 128 valence electrons. The fourth-order valence-electron chi connectivity index (χ4n) is 2.67. The highest BCUT2D eigenvalue weighted by Gasteiger charge is 2.32. The van der Waals surface area contributed by atoms with Gasteiger partial charge in [0.25, 0.3) is 5.91 Å². The fourth-order valence-corrected chi connectivity index (χ4v) is 3.95. The van der Waals surface area contributed by atoms with E-state index in [2.05, 4.69) is 4.74 Å². The highest BCUT2D eigenvalue weighted by atomic mass is 32.2. The van der Waals surface area contributed by atoms with Crippen molar-refractivity contribution in [3.63, 3.8) is 0 Å². The van der Waals surface area contributed by atoms with Crippen LogP contribution in [0.3, 0.4) is 0 Å². The zero-order valence-corrected chi connectivity index (χ0v) is 14.0. The van der Waals surface area contributed by atoms with Crippen LogP contribution < -0.4 is 4.74 Å². The molecule has 0 bridgehead atoms. The van der Waals surface area contributed by atoms with Gasteiger partial charge in [-0.1, -0.05) is 0 Å². The van der Waals surface area contributed by atoms with E-state index in [0.717, 1.165) is 0 Å². The fraction of sp³-hybridized carbons (Fsp3) is 0.533. The molecule has 1 aromatic rings. The Labute approximate surface area is 134 Å². The summed E-state index contributed by atoms with van der Waals surface area (Å²) in [6.07, 6.45) is 0. The summed E-state index contributed by atoms with van der Waals surface area (Å²) >= 11 is 0. The molecule has 1 aliphatic rings. The van der Waals surface area contributed by atoms with Gasteiger partial charge in [-0.3, -0.25) is 4.79 Å². The molecular weight excluding hydrogens is 328 g/mol. The van der Waals surface area contributed by atoms with E-state index in [0.29, 0.717) is 16.7 Å². The Hall–Kier alpha value is -1.70. The Balaban J connectivity index is 2.24. The third kappa shape index (κ3) is 3.80. The largest absolute Gasteiger partial charge is 0.434 e. The Morgan fingerprint density at radius 2 is 1.87 bits per heavy atom. The number of aryl methyl sites for hydroxylation is 2. The minimum absolute atomic E-state index is 0.0612. The number of sulfone groups is 1. The van der Waals surface area contributed by atoms with Gasteiger partial charge in [0.05, 0.1) is 11.0 Å². The molecule has 8 heteroatoms. The number of rotatable bonds is 3. The second-order valence-corrected chi connectivity index (χ2v) is 8.29. The standard InChI is InChI=1S/C15H19F2NO4S/c1-9-6-12(7-10(2)13(9)22-15(16)17)14(19)18-4-5-23(20,21)11(3)8-18/h6-7,11,15H,4-5,8H2,1-3H3/t11-/m1/s1. The van der Waals surface area contributed by atoms with Crippen LogP contribution >= 0.6 is 0 Å². The van der Waals surface area contributed by atoms with Crippen LogP contribution in [-0.2, 0) is 9.84 Å². The maximum absolute atomic E-state index is 12.5. The van der Waals surface area contributed by atoms with E-state index >= 15 is 0 Å². The summed E-state index contributed by atoms with van der Waals surface area (Å²) in [4.78, 5) is 14.0. The van der Waals surface area contributed by atoms with Crippen LogP contribution in [-0.4, -0.2) is 49.9 Å². The number of alkyl halides is 2. The maximum atomic E-state index is 12.5. The van der Waals surface area contributed by atoms with Gasteiger partial charge >= 0.3 is 6.61 Å². The van der Waals surface area contributed by atoms with Crippen molar-refractivity contribution in [2.24, 2.45) is 0 Å². The van der Waals surface area contributed by atoms with Crippen molar-refractivity contribution in [3.05, 3.63) is 28.8 Å². The third-order valence-electron chi connectivity index (χ3n) is 3.94. The molecule has 1 atom stereocenters. The molecule has 0 aliphatic carbocycles. The molecule has 1 aromatic carbocycles. The Bertz CT molecular complexity index is 695. The minimum Gasteiger partial charge on any atom is -0.434 e. The van der Waals surface area contributed by atoms with E-state index in [1.54, 1.807) is 20.8 Å². The normalized spacial score (nSPS) is 20.6. The number of carbonyl (C=O) groups is 1. The molecule has 1 saturated heterocycles. The Morgan fingerprint density at radius 1 is 1.30 bits per heavy atom. The van der Waals surface area contributed by atoms with Gasteiger partial charge in [-0.25, -0.2) is 8.42 Å². The van der Waals surface area contributed by atoms with Crippen molar-refractivity contribution in [3.8, 4) is 5.75 Å². The van der Waals surface area contributed by atoms with Crippen molar-refractivity contribution < 1.29 is 26.7 Å². The van der Waals surface area contributed by atoms with Gasteiger partial charge in [0.2, 0.25) is 0 Å². The minimum atomic E-state index is -3.14. The molecule has 5 nitrogen and oxygen atoms in total. The van der Waals surface area contributed by atoms with Crippen LogP contribution in [0.1, 0.15) is 28.4 Å². The Kier molecular flexibility index (Phi) is 4.93. The molecule has 0 unspecified atom stereocenters. The van der Waals surface area contributed by atoms with Gasteiger partial charge in [-0.15, -0.1) is 0 Å². The van der Waals surface area contributed by atoms with Gasteiger partial charge in [-0.05, 0) is 44.0 Å². The molecule has 1 aliphatic heterocycles. The number of nitrogens with zero attached hydrogens (tertiary/aromatic N) is 1. The third-order valence-corrected chi connectivity index (χ3v) is 6.06. The van der Waals surface area contributed by atoms with E-state index in [4.69, 9.17) is 0 Å². The molecule has 1 amide bonds. The molecular formula is C15H19F2NO4S. The molecule has 0 radical (unpaired) electrons. The predicted octanol–water partition coefficient (Wildman–Crippen LogP) is 2.16. The lowest BCUT2D eigenvalue weighted by Gasteiger charge is -2.31. The monoisotopic (exact) mass is 347 g/mol. The molecule has 0 saturated carbocycles. The lowest BCUT2D eigenvalue weighted by Crippen LogP contribution is -2.48. The van der Waals surface area contributed by atoms with Gasteiger partial charge in [-0.2, -0.15) is 8.78 Å². The van der Waals surface area contributed by atoms with Crippen molar-refractivity contribution in [2.75, 3.05) is 18.8 Å². The molecule has 0 N–H and O–H groups in total. The van der Waals surface area contributed by atoms with Crippen LogP contribution in [0.25, 0.3) is 0 Å². The lowest BCUT2D eigenvalue weighted by atomic mass is 10.0. The Morgan fingerprint density at radius 3 is 2.35 bits per heavy atom. The number of halogens is 2. The first-order valence-corrected chi connectivity index (χ1v) is 8.90. The van der Waals surface area contributed by atoms with Crippen LogP contribution in [0.5, 0.6) is 5.75 Å². The number of amides is 1. The van der Waals surface area contributed by atoms with Gasteiger partial charge in [0, 0.05) is 18.7 Å². The highest BCUT2D eigenvalue weighted by Crippen LogP contribution is 2.27. The zero-order valence-electron chi connectivity index (χ0n) is 13.2. The molecule has 23 heavy (non-hydrogen) atoms. The quantitative estimate of drug-likeness (QED) is 0.841. The molecule has 1 heterocycles.